The molecule has 1 fully saturated rings. The third-order valence-corrected chi connectivity index (χ3v) is 4.04. The van der Waals surface area contributed by atoms with Gasteiger partial charge >= 0.3 is 6.18 Å². The Labute approximate surface area is 122 Å². The van der Waals surface area contributed by atoms with Gasteiger partial charge in [0.05, 0.1) is 11.3 Å². The lowest BCUT2D eigenvalue weighted by Gasteiger charge is -2.39. The Kier molecular flexibility index (Phi) is 4.22. The van der Waals surface area contributed by atoms with Crippen LogP contribution in [0.15, 0.2) is 18.2 Å². The number of hydrogen-bond acceptors (Lipinski definition) is 1. The van der Waals surface area contributed by atoms with E-state index in [0.717, 1.165) is 37.5 Å². The molecule has 1 aromatic rings. The van der Waals surface area contributed by atoms with Crippen molar-refractivity contribution in [3.63, 3.8) is 0 Å². The molecule has 1 nitrogen and oxygen atoms in total. The molecule has 0 heterocycles. The van der Waals surface area contributed by atoms with E-state index in [1.54, 1.807) is 0 Å². The molecular formula is C16H21F4N. The molecule has 0 aliphatic heterocycles. The molecule has 0 radical (unpaired) electrons. The zero-order valence-corrected chi connectivity index (χ0v) is 12.5. The van der Waals surface area contributed by atoms with Gasteiger partial charge < -0.3 is 5.32 Å². The second kappa shape index (κ2) is 5.50. The summed E-state index contributed by atoms with van der Waals surface area (Å²) >= 11 is 0. The third kappa shape index (κ3) is 4.11. The Morgan fingerprint density at radius 2 is 1.86 bits per heavy atom. The van der Waals surface area contributed by atoms with E-state index in [1.165, 1.54) is 0 Å². The Balaban J connectivity index is 2.19. The van der Waals surface area contributed by atoms with Crippen molar-refractivity contribution in [2.75, 3.05) is 5.32 Å². The summed E-state index contributed by atoms with van der Waals surface area (Å²) in [4.78, 5) is 0. The van der Waals surface area contributed by atoms with Crippen LogP contribution in [0.3, 0.4) is 0 Å². The molecule has 0 spiro atoms. The number of alkyl halides is 3. The van der Waals surface area contributed by atoms with Crippen molar-refractivity contribution < 1.29 is 17.6 Å². The highest BCUT2D eigenvalue weighted by Gasteiger charge is 2.34. The zero-order chi connectivity index (χ0) is 15.8. The molecule has 0 aromatic heterocycles. The minimum absolute atomic E-state index is 0.00161. The van der Waals surface area contributed by atoms with Gasteiger partial charge in [-0.05, 0) is 48.8 Å². The van der Waals surface area contributed by atoms with Crippen LogP contribution in [0.25, 0.3) is 0 Å². The van der Waals surface area contributed by atoms with E-state index in [0.29, 0.717) is 5.92 Å². The molecular weight excluding hydrogens is 282 g/mol. The average Bonchev–Trinajstić information content (AvgIpc) is 2.27. The molecule has 0 amide bonds. The van der Waals surface area contributed by atoms with Crippen LogP contribution in [0.5, 0.6) is 0 Å². The van der Waals surface area contributed by atoms with Crippen molar-refractivity contribution in [3.8, 4) is 0 Å². The minimum atomic E-state index is -4.46. The van der Waals surface area contributed by atoms with Gasteiger partial charge in [0.1, 0.15) is 5.82 Å². The van der Waals surface area contributed by atoms with Crippen molar-refractivity contribution in [3.05, 3.63) is 29.6 Å². The van der Waals surface area contributed by atoms with Crippen molar-refractivity contribution in [1.82, 2.24) is 0 Å². The van der Waals surface area contributed by atoms with Crippen molar-refractivity contribution in [1.29, 1.82) is 0 Å². The maximum Gasteiger partial charge on any atom is 0.416 e. The number of nitrogens with one attached hydrogen (secondary N) is 1. The fourth-order valence-electron chi connectivity index (χ4n) is 3.49. The van der Waals surface area contributed by atoms with Gasteiger partial charge in [-0.2, -0.15) is 13.2 Å². The maximum atomic E-state index is 13.8. The van der Waals surface area contributed by atoms with Crippen LogP contribution >= 0.6 is 0 Å². The van der Waals surface area contributed by atoms with Gasteiger partial charge in [0.2, 0.25) is 0 Å². The lowest BCUT2D eigenvalue weighted by Crippen LogP contribution is -2.35. The molecule has 1 aromatic carbocycles. The van der Waals surface area contributed by atoms with Crippen LogP contribution in [0.2, 0.25) is 0 Å². The van der Waals surface area contributed by atoms with Crippen molar-refractivity contribution >= 4 is 5.69 Å². The van der Waals surface area contributed by atoms with E-state index in [-0.39, 0.29) is 17.1 Å². The lowest BCUT2D eigenvalue weighted by molar-refractivity contribution is -0.137. The van der Waals surface area contributed by atoms with E-state index >= 15 is 0 Å². The van der Waals surface area contributed by atoms with Crippen LogP contribution in [-0.2, 0) is 6.18 Å². The molecule has 1 aliphatic rings. The Morgan fingerprint density at radius 1 is 1.19 bits per heavy atom. The van der Waals surface area contributed by atoms with E-state index in [4.69, 9.17) is 0 Å². The summed E-state index contributed by atoms with van der Waals surface area (Å²) in [6.45, 7) is 6.40. The summed E-state index contributed by atoms with van der Waals surface area (Å²) in [5.74, 6) is -0.167. The molecule has 21 heavy (non-hydrogen) atoms. The van der Waals surface area contributed by atoms with E-state index in [1.807, 2.05) is 0 Å². The SMILES string of the molecule is CC1CC(Nc2cc(C(F)(F)F)ccc2F)CC(C)(C)C1. The van der Waals surface area contributed by atoms with Crippen molar-refractivity contribution in [2.45, 2.75) is 52.3 Å². The molecule has 118 valence electrons. The van der Waals surface area contributed by atoms with E-state index in [2.05, 4.69) is 26.1 Å². The predicted octanol–water partition coefficient (Wildman–Crippen LogP) is 5.47. The highest BCUT2D eigenvalue weighted by molar-refractivity contribution is 5.49. The average molecular weight is 303 g/mol. The second-order valence-corrected chi connectivity index (χ2v) is 6.95. The Hall–Kier alpha value is -1.26. The van der Waals surface area contributed by atoms with Gasteiger partial charge in [0, 0.05) is 6.04 Å². The van der Waals surface area contributed by atoms with Gasteiger partial charge in [-0.15, -0.1) is 0 Å². The standard InChI is InChI=1S/C16H21F4N/c1-10-6-12(9-15(2,3)8-10)21-14-7-11(16(18,19)20)4-5-13(14)17/h4-5,7,10,12,21H,6,8-9H2,1-3H3. The van der Waals surface area contributed by atoms with Crippen LogP contribution in [0.1, 0.15) is 45.6 Å². The summed E-state index contributed by atoms with van der Waals surface area (Å²) in [6, 6.07) is 2.51. The van der Waals surface area contributed by atoms with Gasteiger partial charge in [-0.3, -0.25) is 0 Å². The fourth-order valence-corrected chi connectivity index (χ4v) is 3.49. The first-order chi connectivity index (χ1) is 9.57. The summed E-state index contributed by atoms with van der Waals surface area (Å²) in [6.07, 6.45) is -1.70. The summed E-state index contributed by atoms with van der Waals surface area (Å²) in [5, 5.41) is 2.97. The second-order valence-electron chi connectivity index (χ2n) is 6.95. The smallest absolute Gasteiger partial charge is 0.380 e. The summed E-state index contributed by atoms with van der Waals surface area (Å²) in [7, 11) is 0. The molecule has 0 saturated heterocycles. The Bertz CT molecular complexity index is 507. The molecule has 2 unspecified atom stereocenters. The van der Waals surface area contributed by atoms with Crippen LogP contribution in [-0.4, -0.2) is 6.04 Å². The van der Waals surface area contributed by atoms with E-state index in [9.17, 15) is 17.6 Å². The highest BCUT2D eigenvalue weighted by Crippen LogP contribution is 2.40. The fraction of sp³-hybridized carbons (Fsp3) is 0.625. The van der Waals surface area contributed by atoms with Crippen LogP contribution < -0.4 is 5.32 Å². The van der Waals surface area contributed by atoms with E-state index < -0.39 is 17.6 Å². The number of rotatable bonds is 2. The predicted molar refractivity (Wildman–Crippen MR) is 75.6 cm³/mol. The van der Waals surface area contributed by atoms with Gasteiger partial charge in [0.15, 0.2) is 0 Å². The zero-order valence-electron chi connectivity index (χ0n) is 12.5. The molecule has 2 atom stereocenters. The summed E-state index contributed by atoms with van der Waals surface area (Å²) < 4.78 is 51.9. The first-order valence-corrected chi connectivity index (χ1v) is 7.20. The largest absolute Gasteiger partial charge is 0.416 e. The monoisotopic (exact) mass is 303 g/mol. The molecule has 1 aliphatic carbocycles. The number of halogens is 4. The molecule has 2 rings (SSSR count). The highest BCUT2D eigenvalue weighted by atomic mass is 19.4. The van der Waals surface area contributed by atoms with Crippen LogP contribution in [0.4, 0.5) is 23.2 Å². The van der Waals surface area contributed by atoms with Crippen molar-refractivity contribution in [2.24, 2.45) is 11.3 Å². The molecule has 0 bridgehead atoms. The minimum Gasteiger partial charge on any atom is -0.380 e. The number of hydrogen-bond donors (Lipinski definition) is 1. The Morgan fingerprint density at radius 3 is 2.43 bits per heavy atom. The normalized spacial score (nSPS) is 25.7. The molecule has 5 heteroatoms. The lowest BCUT2D eigenvalue weighted by atomic mass is 9.70. The first-order valence-electron chi connectivity index (χ1n) is 7.20. The third-order valence-electron chi connectivity index (χ3n) is 4.04. The molecule has 1 N–H and O–H groups in total. The van der Waals surface area contributed by atoms with Crippen LogP contribution in [0, 0.1) is 17.2 Å². The first kappa shape index (κ1) is 16.1. The quantitative estimate of drug-likeness (QED) is 0.714. The number of anilines is 1. The van der Waals surface area contributed by atoms with Gasteiger partial charge in [-0.25, -0.2) is 4.39 Å². The maximum absolute atomic E-state index is 13.8. The van der Waals surface area contributed by atoms with Gasteiger partial charge in [0.25, 0.3) is 0 Å². The van der Waals surface area contributed by atoms with Gasteiger partial charge in [-0.1, -0.05) is 20.8 Å². The molecule has 1 saturated carbocycles. The topological polar surface area (TPSA) is 12.0 Å². The number of benzene rings is 1. The summed E-state index contributed by atoms with van der Waals surface area (Å²) in [5.41, 5.74) is -0.762.